The van der Waals surface area contributed by atoms with Gasteiger partial charge < -0.3 is 10.1 Å². The lowest BCUT2D eigenvalue weighted by Gasteiger charge is -2.14. The summed E-state index contributed by atoms with van der Waals surface area (Å²) in [6.07, 6.45) is 2.16. The van der Waals surface area contributed by atoms with Crippen LogP contribution in [-0.2, 0) is 0 Å². The van der Waals surface area contributed by atoms with E-state index in [4.69, 9.17) is 10.00 Å². The van der Waals surface area contributed by atoms with Gasteiger partial charge in [0.15, 0.2) is 6.10 Å². The van der Waals surface area contributed by atoms with E-state index < -0.39 is 6.10 Å². The minimum absolute atomic E-state index is 0.511. The van der Waals surface area contributed by atoms with Crippen molar-refractivity contribution in [1.29, 1.82) is 5.26 Å². The highest BCUT2D eigenvalue weighted by molar-refractivity contribution is 5.93. The SMILES string of the molecule is CC(C)CCNc1ncnc2ccc(-c3ccccc3OC(C)C#N)cc12. The van der Waals surface area contributed by atoms with Crippen molar-refractivity contribution in [1.82, 2.24) is 9.97 Å². The predicted octanol–water partition coefficient (Wildman–Crippen LogP) is 5.05. The second kappa shape index (κ2) is 8.50. The van der Waals surface area contributed by atoms with Gasteiger partial charge in [0.1, 0.15) is 24.0 Å². The first-order valence-electron chi connectivity index (χ1n) is 9.22. The fourth-order valence-electron chi connectivity index (χ4n) is 2.87. The fraction of sp³-hybridized carbons (Fsp3) is 0.318. The number of fused-ring (bicyclic) bond motifs is 1. The third-order valence-corrected chi connectivity index (χ3v) is 4.33. The van der Waals surface area contributed by atoms with Crippen molar-refractivity contribution < 1.29 is 4.74 Å². The minimum Gasteiger partial charge on any atom is -0.475 e. The molecule has 0 radical (unpaired) electrons. The Morgan fingerprint density at radius 3 is 2.70 bits per heavy atom. The number of hydrogen-bond donors (Lipinski definition) is 1. The van der Waals surface area contributed by atoms with Crippen LogP contribution in [0.5, 0.6) is 5.75 Å². The van der Waals surface area contributed by atoms with Gasteiger partial charge in [0.2, 0.25) is 0 Å². The van der Waals surface area contributed by atoms with Crippen molar-refractivity contribution in [2.45, 2.75) is 33.3 Å². The molecular weight excluding hydrogens is 336 g/mol. The molecule has 1 unspecified atom stereocenters. The van der Waals surface area contributed by atoms with Gasteiger partial charge in [0, 0.05) is 17.5 Å². The van der Waals surface area contributed by atoms with E-state index in [1.807, 2.05) is 36.4 Å². The maximum absolute atomic E-state index is 9.06. The number of nitriles is 1. The predicted molar refractivity (Wildman–Crippen MR) is 109 cm³/mol. The van der Waals surface area contributed by atoms with Gasteiger partial charge in [-0.05, 0) is 43.0 Å². The average molecular weight is 360 g/mol. The molecule has 1 N–H and O–H groups in total. The molecule has 1 heterocycles. The van der Waals surface area contributed by atoms with E-state index in [0.29, 0.717) is 11.7 Å². The molecule has 0 aliphatic rings. The van der Waals surface area contributed by atoms with Gasteiger partial charge in [-0.1, -0.05) is 38.1 Å². The molecule has 2 aromatic carbocycles. The highest BCUT2D eigenvalue weighted by Crippen LogP contribution is 2.33. The maximum Gasteiger partial charge on any atom is 0.181 e. The normalized spacial score (nSPS) is 12.0. The quantitative estimate of drug-likeness (QED) is 0.639. The van der Waals surface area contributed by atoms with Crippen LogP contribution in [0.1, 0.15) is 27.2 Å². The van der Waals surface area contributed by atoms with Crippen LogP contribution in [0.4, 0.5) is 5.82 Å². The van der Waals surface area contributed by atoms with Gasteiger partial charge in [0.05, 0.1) is 5.52 Å². The Bertz CT molecular complexity index is 962. The molecule has 0 amide bonds. The smallest absolute Gasteiger partial charge is 0.181 e. The van der Waals surface area contributed by atoms with E-state index in [9.17, 15) is 0 Å². The van der Waals surface area contributed by atoms with Crippen molar-refractivity contribution in [3.8, 4) is 22.9 Å². The zero-order valence-electron chi connectivity index (χ0n) is 15.9. The summed E-state index contributed by atoms with van der Waals surface area (Å²) in [5.74, 6) is 2.16. The number of hydrogen-bond acceptors (Lipinski definition) is 5. The van der Waals surface area contributed by atoms with E-state index >= 15 is 0 Å². The Morgan fingerprint density at radius 1 is 1.11 bits per heavy atom. The Hall–Kier alpha value is -3.13. The van der Waals surface area contributed by atoms with E-state index in [2.05, 4.69) is 41.3 Å². The Balaban J connectivity index is 1.98. The molecule has 27 heavy (non-hydrogen) atoms. The second-order valence-corrected chi connectivity index (χ2v) is 6.95. The van der Waals surface area contributed by atoms with Crippen molar-refractivity contribution in [3.05, 3.63) is 48.8 Å². The third kappa shape index (κ3) is 4.53. The topological polar surface area (TPSA) is 70.8 Å². The molecule has 0 bridgehead atoms. The van der Waals surface area contributed by atoms with E-state index in [1.165, 1.54) is 0 Å². The number of ether oxygens (including phenoxy) is 1. The van der Waals surface area contributed by atoms with Gasteiger partial charge in [-0.3, -0.25) is 0 Å². The first-order valence-corrected chi connectivity index (χ1v) is 9.22. The number of aromatic nitrogens is 2. The van der Waals surface area contributed by atoms with Gasteiger partial charge in [-0.2, -0.15) is 5.26 Å². The van der Waals surface area contributed by atoms with Crippen LogP contribution in [-0.4, -0.2) is 22.6 Å². The highest BCUT2D eigenvalue weighted by atomic mass is 16.5. The van der Waals surface area contributed by atoms with Crippen molar-refractivity contribution >= 4 is 16.7 Å². The molecule has 0 saturated carbocycles. The largest absolute Gasteiger partial charge is 0.475 e. The lowest BCUT2D eigenvalue weighted by molar-refractivity contribution is 0.277. The van der Waals surface area contributed by atoms with Gasteiger partial charge in [-0.15, -0.1) is 0 Å². The van der Waals surface area contributed by atoms with Crippen LogP contribution < -0.4 is 10.1 Å². The number of para-hydroxylation sites is 1. The standard InChI is InChI=1S/C22H24N4O/c1-15(2)10-11-24-22-19-12-17(8-9-20(19)25-14-26-22)18-6-4-5-7-21(18)27-16(3)13-23/h4-9,12,14-16H,10-11H2,1-3H3,(H,24,25,26). The summed E-state index contributed by atoms with van der Waals surface area (Å²) in [6, 6.07) is 16.0. The molecule has 1 atom stereocenters. The van der Waals surface area contributed by atoms with Crippen molar-refractivity contribution in [2.24, 2.45) is 5.92 Å². The second-order valence-electron chi connectivity index (χ2n) is 6.95. The molecule has 5 heteroatoms. The summed E-state index contributed by atoms with van der Waals surface area (Å²) >= 11 is 0. The molecular formula is C22H24N4O. The first-order chi connectivity index (χ1) is 13.1. The van der Waals surface area contributed by atoms with E-state index in [0.717, 1.165) is 40.8 Å². The zero-order chi connectivity index (χ0) is 19.2. The van der Waals surface area contributed by atoms with Gasteiger partial charge >= 0.3 is 0 Å². The summed E-state index contributed by atoms with van der Waals surface area (Å²) in [6.45, 7) is 7.02. The monoisotopic (exact) mass is 360 g/mol. The third-order valence-electron chi connectivity index (χ3n) is 4.33. The maximum atomic E-state index is 9.06. The number of nitrogens with one attached hydrogen (secondary N) is 1. The van der Waals surface area contributed by atoms with E-state index in [-0.39, 0.29) is 0 Å². The summed E-state index contributed by atoms with van der Waals surface area (Å²) in [4.78, 5) is 8.80. The molecule has 138 valence electrons. The number of rotatable bonds is 7. The molecule has 3 aromatic rings. The number of benzene rings is 2. The molecule has 0 aliphatic carbocycles. The zero-order valence-corrected chi connectivity index (χ0v) is 15.9. The van der Waals surface area contributed by atoms with Gasteiger partial charge in [-0.25, -0.2) is 9.97 Å². The lowest BCUT2D eigenvalue weighted by Crippen LogP contribution is -2.09. The number of nitrogens with zero attached hydrogens (tertiary/aromatic N) is 3. The molecule has 0 fully saturated rings. The Labute approximate surface area is 160 Å². The minimum atomic E-state index is -0.511. The average Bonchev–Trinajstić information content (AvgIpc) is 2.68. The Morgan fingerprint density at radius 2 is 1.93 bits per heavy atom. The Kier molecular flexibility index (Phi) is 5.87. The summed E-state index contributed by atoms with van der Waals surface area (Å²) in [7, 11) is 0. The summed E-state index contributed by atoms with van der Waals surface area (Å²) in [5, 5.41) is 13.5. The van der Waals surface area contributed by atoms with Crippen LogP contribution in [0.3, 0.4) is 0 Å². The molecule has 1 aromatic heterocycles. The van der Waals surface area contributed by atoms with Crippen LogP contribution in [0.2, 0.25) is 0 Å². The van der Waals surface area contributed by atoms with Gasteiger partial charge in [0.25, 0.3) is 0 Å². The fourth-order valence-corrected chi connectivity index (χ4v) is 2.87. The van der Waals surface area contributed by atoms with Crippen LogP contribution in [0.15, 0.2) is 48.8 Å². The molecule has 3 rings (SSSR count). The molecule has 5 nitrogen and oxygen atoms in total. The van der Waals surface area contributed by atoms with Crippen LogP contribution >= 0.6 is 0 Å². The van der Waals surface area contributed by atoms with Crippen LogP contribution in [0, 0.1) is 17.2 Å². The van der Waals surface area contributed by atoms with Crippen molar-refractivity contribution in [2.75, 3.05) is 11.9 Å². The molecule has 0 spiro atoms. The highest BCUT2D eigenvalue weighted by Gasteiger charge is 2.11. The summed E-state index contributed by atoms with van der Waals surface area (Å²) in [5.41, 5.74) is 2.84. The lowest BCUT2D eigenvalue weighted by atomic mass is 10.0. The summed E-state index contributed by atoms with van der Waals surface area (Å²) < 4.78 is 5.77. The van der Waals surface area contributed by atoms with Crippen LogP contribution in [0.25, 0.3) is 22.0 Å². The first kappa shape index (κ1) is 18.7. The van der Waals surface area contributed by atoms with E-state index in [1.54, 1.807) is 13.3 Å². The van der Waals surface area contributed by atoms with Crippen molar-refractivity contribution in [3.63, 3.8) is 0 Å². The molecule has 0 saturated heterocycles. The molecule has 0 aliphatic heterocycles. The number of anilines is 1.